The average Bonchev–Trinajstić information content (AvgIpc) is 2.38. The third kappa shape index (κ3) is 3.16. The lowest BCUT2D eigenvalue weighted by Gasteiger charge is -2.31. The number of ether oxygens (including phenoxy) is 1. The molecule has 0 aromatic heterocycles. The highest BCUT2D eigenvalue weighted by molar-refractivity contribution is 9.11. The summed E-state index contributed by atoms with van der Waals surface area (Å²) in [5, 5.41) is 3.47. The van der Waals surface area contributed by atoms with Crippen molar-refractivity contribution in [2.45, 2.75) is 25.8 Å². The highest BCUT2D eigenvalue weighted by Crippen LogP contribution is 2.36. The number of halogens is 2. The zero-order valence-corrected chi connectivity index (χ0v) is 14.0. The predicted octanol–water partition coefficient (Wildman–Crippen LogP) is 4.21. The molecule has 0 radical (unpaired) electrons. The average molecular weight is 377 g/mol. The molecule has 0 amide bonds. The van der Waals surface area contributed by atoms with Gasteiger partial charge in [0.1, 0.15) is 0 Å². The minimum atomic E-state index is 0.389. The Kier molecular flexibility index (Phi) is 5.24. The van der Waals surface area contributed by atoms with Gasteiger partial charge in [0.15, 0.2) is 0 Å². The van der Waals surface area contributed by atoms with E-state index in [1.807, 2.05) is 7.05 Å². The molecule has 1 N–H and O–H groups in total. The Hall–Kier alpha value is 0.1000. The summed E-state index contributed by atoms with van der Waals surface area (Å²) in [5.41, 5.74) is 2.59. The molecule has 1 saturated heterocycles. The summed E-state index contributed by atoms with van der Waals surface area (Å²) < 4.78 is 7.82. The number of nitrogens with one attached hydrogen (secondary N) is 1. The van der Waals surface area contributed by atoms with Crippen molar-refractivity contribution >= 4 is 31.9 Å². The summed E-state index contributed by atoms with van der Waals surface area (Å²) >= 11 is 7.33. The Balaban J connectivity index is 2.28. The largest absolute Gasteiger partial charge is 0.381 e. The Morgan fingerprint density at radius 3 is 2.50 bits per heavy atom. The molecule has 1 aromatic carbocycles. The van der Waals surface area contributed by atoms with Crippen molar-refractivity contribution in [3.8, 4) is 0 Å². The van der Waals surface area contributed by atoms with E-state index in [1.165, 1.54) is 20.1 Å². The molecule has 100 valence electrons. The zero-order chi connectivity index (χ0) is 13.1. The topological polar surface area (TPSA) is 21.3 Å². The van der Waals surface area contributed by atoms with Crippen LogP contribution in [-0.4, -0.2) is 20.3 Å². The van der Waals surface area contributed by atoms with Gasteiger partial charge in [-0.3, -0.25) is 0 Å². The summed E-state index contributed by atoms with van der Waals surface area (Å²) in [4.78, 5) is 0. The molecule has 4 heteroatoms. The van der Waals surface area contributed by atoms with Gasteiger partial charge in [0.25, 0.3) is 0 Å². The van der Waals surface area contributed by atoms with Gasteiger partial charge < -0.3 is 10.1 Å². The van der Waals surface area contributed by atoms with Crippen molar-refractivity contribution in [3.63, 3.8) is 0 Å². The lowest BCUT2D eigenvalue weighted by Crippen LogP contribution is -2.30. The van der Waals surface area contributed by atoms with E-state index in [-0.39, 0.29) is 0 Å². The molecule has 1 unspecified atom stereocenters. The fraction of sp³-hybridized carbons (Fsp3) is 0.571. The molecule has 2 nitrogen and oxygen atoms in total. The minimum absolute atomic E-state index is 0.389. The molecule has 0 saturated carbocycles. The van der Waals surface area contributed by atoms with Crippen molar-refractivity contribution in [1.82, 2.24) is 5.32 Å². The van der Waals surface area contributed by atoms with E-state index < -0.39 is 0 Å². The second-order valence-corrected chi connectivity index (χ2v) is 6.55. The number of benzene rings is 1. The Morgan fingerprint density at radius 2 is 1.89 bits per heavy atom. The van der Waals surface area contributed by atoms with Crippen molar-refractivity contribution in [2.75, 3.05) is 20.3 Å². The van der Waals surface area contributed by atoms with Crippen LogP contribution in [0.5, 0.6) is 0 Å². The number of hydrogen-bond acceptors (Lipinski definition) is 2. The maximum absolute atomic E-state index is 5.45. The molecule has 1 fully saturated rings. The van der Waals surface area contributed by atoms with Crippen LogP contribution in [0.3, 0.4) is 0 Å². The van der Waals surface area contributed by atoms with Gasteiger partial charge >= 0.3 is 0 Å². The monoisotopic (exact) mass is 375 g/mol. The molecule has 1 aromatic rings. The van der Waals surface area contributed by atoms with Crippen LogP contribution < -0.4 is 5.32 Å². The molecular formula is C14H19Br2NO. The third-order valence-corrected chi connectivity index (χ3v) is 5.20. The van der Waals surface area contributed by atoms with Crippen LogP contribution in [0.1, 0.15) is 30.0 Å². The maximum Gasteiger partial charge on any atom is 0.0469 e. The van der Waals surface area contributed by atoms with Gasteiger partial charge in [0.05, 0.1) is 0 Å². The highest BCUT2D eigenvalue weighted by atomic mass is 79.9. The van der Waals surface area contributed by atoms with Gasteiger partial charge in [-0.1, -0.05) is 31.9 Å². The fourth-order valence-corrected chi connectivity index (χ4v) is 3.66. The van der Waals surface area contributed by atoms with E-state index in [9.17, 15) is 0 Å². The molecular weight excluding hydrogens is 358 g/mol. The quantitative estimate of drug-likeness (QED) is 0.853. The van der Waals surface area contributed by atoms with Crippen molar-refractivity contribution in [1.29, 1.82) is 0 Å². The molecule has 0 bridgehead atoms. The molecule has 1 atom stereocenters. The Morgan fingerprint density at radius 1 is 1.22 bits per heavy atom. The van der Waals surface area contributed by atoms with Gasteiger partial charge in [-0.2, -0.15) is 0 Å². The Bertz CT molecular complexity index is 417. The SMILES string of the molecule is CNC(c1cc(Br)c(C)cc1Br)C1CCOCC1. The summed E-state index contributed by atoms with van der Waals surface area (Å²) in [7, 11) is 2.04. The first-order chi connectivity index (χ1) is 8.63. The van der Waals surface area contributed by atoms with Gasteiger partial charge in [-0.25, -0.2) is 0 Å². The van der Waals surface area contributed by atoms with E-state index >= 15 is 0 Å². The molecule has 1 heterocycles. The fourth-order valence-electron chi connectivity index (χ4n) is 2.59. The van der Waals surface area contributed by atoms with Gasteiger partial charge in [0.2, 0.25) is 0 Å². The van der Waals surface area contributed by atoms with Crippen molar-refractivity contribution in [3.05, 3.63) is 32.2 Å². The molecule has 1 aliphatic heterocycles. The third-order valence-electron chi connectivity index (χ3n) is 3.66. The summed E-state index contributed by atoms with van der Waals surface area (Å²) in [6, 6.07) is 4.80. The van der Waals surface area contributed by atoms with E-state index in [0.29, 0.717) is 12.0 Å². The first kappa shape index (κ1) is 14.5. The highest BCUT2D eigenvalue weighted by Gasteiger charge is 2.26. The molecule has 18 heavy (non-hydrogen) atoms. The van der Waals surface area contributed by atoms with Gasteiger partial charge in [-0.05, 0) is 56.0 Å². The van der Waals surface area contributed by atoms with Crippen LogP contribution in [0.15, 0.2) is 21.1 Å². The van der Waals surface area contributed by atoms with Gasteiger partial charge in [0, 0.05) is 28.2 Å². The molecule has 0 aliphatic carbocycles. The van der Waals surface area contributed by atoms with E-state index in [0.717, 1.165) is 26.1 Å². The summed E-state index contributed by atoms with van der Waals surface area (Å²) in [6.45, 7) is 3.88. The second-order valence-electron chi connectivity index (χ2n) is 4.84. The zero-order valence-electron chi connectivity index (χ0n) is 10.8. The first-order valence-electron chi connectivity index (χ1n) is 6.34. The van der Waals surface area contributed by atoms with Crippen LogP contribution >= 0.6 is 31.9 Å². The number of hydrogen-bond donors (Lipinski definition) is 1. The lowest BCUT2D eigenvalue weighted by atomic mass is 9.87. The van der Waals surface area contributed by atoms with Crippen molar-refractivity contribution in [2.24, 2.45) is 5.92 Å². The maximum atomic E-state index is 5.45. The van der Waals surface area contributed by atoms with E-state index in [1.54, 1.807) is 0 Å². The van der Waals surface area contributed by atoms with Crippen LogP contribution in [-0.2, 0) is 4.74 Å². The van der Waals surface area contributed by atoms with E-state index in [2.05, 4.69) is 56.2 Å². The van der Waals surface area contributed by atoms with Gasteiger partial charge in [-0.15, -0.1) is 0 Å². The van der Waals surface area contributed by atoms with E-state index in [4.69, 9.17) is 4.74 Å². The summed E-state index contributed by atoms with van der Waals surface area (Å²) in [5.74, 6) is 0.648. The van der Waals surface area contributed by atoms with Crippen LogP contribution in [0.2, 0.25) is 0 Å². The number of rotatable bonds is 3. The van der Waals surface area contributed by atoms with Crippen LogP contribution in [0.4, 0.5) is 0 Å². The smallest absolute Gasteiger partial charge is 0.0469 e. The first-order valence-corrected chi connectivity index (χ1v) is 7.92. The molecule has 0 spiro atoms. The molecule has 1 aliphatic rings. The number of aryl methyl sites for hydroxylation is 1. The standard InChI is InChI=1S/C14H19Br2NO/c1-9-7-13(16)11(8-12(9)15)14(17-2)10-3-5-18-6-4-10/h7-8,10,14,17H,3-6H2,1-2H3. The lowest BCUT2D eigenvalue weighted by molar-refractivity contribution is 0.0545. The van der Waals surface area contributed by atoms with Crippen LogP contribution in [0.25, 0.3) is 0 Å². The second kappa shape index (κ2) is 6.51. The Labute approximate surface area is 126 Å². The van der Waals surface area contributed by atoms with Crippen LogP contribution in [0, 0.1) is 12.8 Å². The van der Waals surface area contributed by atoms with Crippen molar-refractivity contribution < 1.29 is 4.74 Å². The predicted molar refractivity (Wildman–Crippen MR) is 81.9 cm³/mol. The summed E-state index contributed by atoms with van der Waals surface area (Å²) in [6.07, 6.45) is 2.26. The molecule has 2 rings (SSSR count). The normalized spacial score (nSPS) is 18.9. The minimum Gasteiger partial charge on any atom is -0.381 e.